The molecule has 0 aromatic rings. The summed E-state index contributed by atoms with van der Waals surface area (Å²) in [7, 11) is 6.25. The van der Waals surface area contributed by atoms with Crippen LogP contribution in [0.5, 0.6) is 0 Å². The molecule has 0 saturated carbocycles. The number of hydrogen-bond donors (Lipinski definition) is 2. The highest BCUT2D eigenvalue weighted by atomic mass is 16.2. The van der Waals surface area contributed by atoms with Crippen molar-refractivity contribution in [2.24, 2.45) is 0 Å². The van der Waals surface area contributed by atoms with Crippen LogP contribution in [0.15, 0.2) is 0 Å². The first kappa shape index (κ1) is 6.11. The molecule has 0 aliphatic heterocycles. The zero-order chi connectivity index (χ0) is 4.99. The van der Waals surface area contributed by atoms with E-state index in [1.165, 1.54) is 0 Å². The van der Waals surface area contributed by atoms with E-state index in [1.54, 1.807) is 0 Å². The quantitative estimate of drug-likeness (QED) is 0.379. The molecular formula is CH3B3O2. The summed E-state index contributed by atoms with van der Waals surface area (Å²) >= 11 is 0. The SMILES string of the molecule is [B]C([B]O)[B]O. The zero-order valence-corrected chi connectivity index (χ0v) is 3.20. The number of rotatable bonds is 2. The first-order valence-electron chi connectivity index (χ1n) is 1.52. The van der Waals surface area contributed by atoms with Gasteiger partial charge in [0.2, 0.25) is 0 Å². The Balaban J connectivity index is 2.75. The predicted molar refractivity (Wildman–Crippen MR) is 25.4 cm³/mol. The fourth-order valence-electron chi connectivity index (χ4n) is 0.0385. The Bertz CT molecular complexity index is 28.0. The van der Waals surface area contributed by atoms with E-state index in [1.807, 2.05) is 0 Å². The molecule has 0 unspecified atom stereocenters. The summed E-state index contributed by atoms with van der Waals surface area (Å²) in [6.07, 6.45) is 0. The summed E-state index contributed by atoms with van der Waals surface area (Å²) in [5, 5.41) is 15.8. The van der Waals surface area contributed by atoms with Crippen LogP contribution in [0.3, 0.4) is 0 Å². The average molecular weight is 79.5 g/mol. The monoisotopic (exact) mass is 80.0 g/mol. The van der Waals surface area contributed by atoms with E-state index in [4.69, 9.17) is 17.9 Å². The van der Waals surface area contributed by atoms with Crippen molar-refractivity contribution in [2.45, 2.75) is 5.62 Å². The second-order valence-electron chi connectivity index (χ2n) is 0.875. The fraction of sp³-hybridized carbons (Fsp3) is 1.00. The lowest BCUT2D eigenvalue weighted by atomic mass is 9.51. The molecule has 2 nitrogen and oxygen atoms in total. The summed E-state index contributed by atoms with van der Waals surface area (Å²) in [6.45, 7) is 0. The van der Waals surface area contributed by atoms with Gasteiger partial charge in [-0.2, -0.15) is 0 Å². The Morgan fingerprint density at radius 3 is 1.67 bits per heavy atom. The largest absolute Gasteiger partial charge is 0.455 e. The van der Waals surface area contributed by atoms with E-state index in [0.29, 0.717) is 15.0 Å². The van der Waals surface area contributed by atoms with Crippen molar-refractivity contribution >= 4 is 22.8 Å². The van der Waals surface area contributed by atoms with Crippen LogP contribution in [0, 0.1) is 0 Å². The molecule has 0 fully saturated rings. The third kappa shape index (κ3) is 2.36. The molecule has 0 rings (SSSR count). The van der Waals surface area contributed by atoms with Gasteiger partial charge in [0.25, 0.3) is 15.0 Å². The van der Waals surface area contributed by atoms with Crippen molar-refractivity contribution in [1.82, 2.24) is 0 Å². The van der Waals surface area contributed by atoms with E-state index in [2.05, 4.69) is 0 Å². The highest BCUT2D eigenvalue weighted by Crippen LogP contribution is 1.83. The van der Waals surface area contributed by atoms with Crippen LogP contribution in [-0.2, 0) is 0 Å². The van der Waals surface area contributed by atoms with Crippen molar-refractivity contribution in [1.29, 1.82) is 0 Å². The van der Waals surface area contributed by atoms with E-state index < -0.39 is 5.62 Å². The molecule has 4 radical (unpaired) electrons. The highest BCUT2D eigenvalue weighted by Gasteiger charge is 1.99. The molecule has 5 heteroatoms. The Morgan fingerprint density at radius 1 is 1.33 bits per heavy atom. The summed E-state index contributed by atoms with van der Waals surface area (Å²) in [5.41, 5.74) is -0.704. The molecule has 0 bridgehead atoms. The van der Waals surface area contributed by atoms with Gasteiger partial charge in [0, 0.05) is 0 Å². The maximum absolute atomic E-state index is 7.89. The molecular weight excluding hydrogens is 76.4 g/mol. The summed E-state index contributed by atoms with van der Waals surface area (Å²) < 4.78 is 0. The summed E-state index contributed by atoms with van der Waals surface area (Å²) in [5.74, 6) is 0. The van der Waals surface area contributed by atoms with Crippen LogP contribution < -0.4 is 0 Å². The lowest BCUT2D eigenvalue weighted by molar-refractivity contribution is 0.583. The third-order valence-electron chi connectivity index (χ3n) is 0.344. The highest BCUT2D eigenvalue weighted by molar-refractivity contribution is 6.64. The van der Waals surface area contributed by atoms with Gasteiger partial charge in [-0.05, 0) is 0 Å². The average Bonchev–Trinajstić information content (AvgIpc) is 1.65. The van der Waals surface area contributed by atoms with Crippen LogP contribution in [0.1, 0.15) is 0 Å². The summed E-state index contributed by atoms with van der Waals surface area (Å²) in [6, 6.07) is 0. The lowest BCUT2D eigenvalue weighted by Crippen LogP contribution is -2.09. The molecule has 0 aliphatic rings. The first-order valence-corrected chi connectivity index (χ1v) is 1.52. The standard InChI is InChI=1S/CH3B3O2/c2-1(3-5)4-6/h1,5-6H. The topological polar surface area (TPSA) is 40.5 Å². The minimum Gasteiger partial charge on any atom is -0.455 e. The van der Waals surface area contributed by atoms with Crippen LogP contribution in [0.2, 0.25) is 5.62 Å². The lowest BCUT2D eigenvalue weighted by Gasteiger charge is -1.91. The van der Waals surface area contributed by atoms with Crippen molar-refractivity contribution in [3.05, 3.63) is 0 Å². The Labute approximate surface area is 39.5 Å². The molecule has 0 aliphatic carbocycles. The van der Waals surface area contributed by atoms with Crippen LogP contribution >= 0.6 is 0 Å². The minimum absolute atomic E-state index is 0.694. The Morgan fingerprint density at radius 2 is 1.67 bits per heavy atom. The van der Waals surface area contributed by atoms with Gasteiger partial charge in [0.15, 0.2) is 0 Å². The van der Waals surface area contributed by atoms with Crippen LogP contribution in [0.25, 0.3) is 0 Å². The van der Waals surface area contributed by atoms with Crippen molar-refractivity contribution in [2.75, 3.05) is 0 Å². The molecule has 0 spiro atoms. The van der Waals surface area contributed by atoms with Gasteiger partial charge in [0.05, 0.1) is 7.85 Å². The van der Waals surface area contributed by atoms with E-state index in [0.717, 1.165) is 0 Å². The molecule has 0 heterocycles. The smallest absolute Gasteiger partial charge is 0.275 e. The van der Waals surface area contributed by atoms with Gasteiger partial charge in [-0.15, -0.1) is 0 Å². The molecule has 0 saturated heterocycles. The molecule has 6 heavy (non-hydrogen) atoms. The first-order chi connectivity index (χ1) is 2.81. The van der Waals surface area contributed by atoms with Crippen molar-refractivity contribution < 1.29 is 10.0 Å². The van der Waals surface area contributed by atoms with E-state index in [-0.39, 0.29) is 0 Å². The molecule has 2 N–H and O–H groups in total. The minimum atomic E-state index is -0.704. The second-order valence-corrected chi connectivity index (χ2v) is 0.875. The van der Waals surface area contributed by atoms with E-state index >= 15 is 0 Å². The second kappa shape index (κ2) is 3.31. The Kier molecular flexibility index (Phi) is 3.37. The molecule has 0 atom stereocenters. The normalized spacial score (nSPS) is 8.50. The van der Waals surface area contributed by atoms with Gasteiger partial charge in [-0.1, -0.05) is 5.62 Å². The Hall–Kier alpha value is 0.115. The van der Waals surface area contributed by atoms with Crippen LogP contribution in [0.4, 0.5) is 0 Å². The van der Waals surface area contributed by atoms with Gasteiger partial charge in [0.1, 0.15) is 0 Å². The van der Waals surface area contributed by atoms with Gasteiger partial charge < -0.3 is 10.0 Å². The maximum atomic E-state index is 7.89. The third-order valence-corrected chi connectivity index (χ3v) is 0.344. The maximum Gasteiger partial charge on any atom is 0.275 e. The van der Waals surface area contributed by atoms with E-state index in [9.17, 15) is 0 Å². The molecule has 28 valence electrons. The predicted octanol–water partition coefficient (Wildman–Crippen LogP) is -1.92. The van der Waals surface area contributed by atoms with Crippen molar-refractivity contribution in [3.8, 4) is 0 Å². The molecule has 0 aromatic carbocycles. The molecule has 0 aromatic heterocycles. The zero-order valence-electron chi connectivity index (χ0n) is 3.20. The van der Waals surface area contributed by atoms with Crippen LogP contribution in [-0.4, -0.2) is 32.9 Å². The number of hydrogen-bond acceptors (Lipinski definition) is 2. The van der Waals surface area contributed by atoms with Gasteiger partial charge >= 0.3 is 0 Å². The van der Waals surface area contributed by atoms with Gasteiger partial charge in [-0.25, -0.2) is 0 Å². The summed E-state index contributed by atoms with van der Waals surface area (Å²) in [4.78, 5) is 0. The van der Waals surface area contributed by atoms with Crippen molar-refractivity contribution in [3.63, 3.8) is 0 Å². The molecule has 0 amide bonds. The van der Waals surface area contributed by atoms with Gasteiger partial charge in [-0.3, -0.25) is 0 Å². The fourth-order valence-corrected chi connectivity index (χ4v) is 0.0385.